The van der Waals surface area contributed by atoms with E-state index >= 15 is 0 Å². The number of aromatic carboxylic acids is 1. The number of carboxylic acid groups (broad SMARTS) is 1. The van der Waals surface area contributed by atoms with Gasteiger partial charge in [0.05, 0.1) is 17.2 Å². The number of carbonyl (C=O) groups excluding carboxylic acids is 3. The summed E-state index contributed by atoms with van der Waals surface area (Å²) >= 11 is -1.38. The predicted molar refractivity (Wildman–Crippen MR) is 196 cm³/mol. The molecule has 6 aromatic rings. The van der Waals surface area contributed by atoms with Crippen LogP contribution in [0.2, 0.25) is 0 Å². The van der Waals surface area contributed by atoms with E-state index in [-0.39, 0.29) is 67.1 Å². The van der Waals surface area contributed by atoms with E-state index in [1.165, 1.54) is 48.5 Å². The Bertz CT molecular complexity index is 2600. The zero-order valence-corrected chi connectivity index (χ0v) is 30.7. The standard InChI is InChI=1S/C40H25AsN5O10/c42-19-22-9-11-29(41-37(47)31-17-35(55-45-31)25-5-1-3-7-33(25)53-24-13-14-52-21-24)27(15-22)40(51)54-34-8-4-2-6-26(34)36-18-32(46-56-36)38(48)44-30-12-10-23(20-43)16-28(30)39(49)50/h1-12,15-18,24H,13-14,21H2,(H,44,48)(H,49,50). The number of rotatable bonds is 12. The van der Waals surface area contributed by atoms with E-state index in [0.29, 0.717) is 34.6 Å². The summed E-state index contributed by atoms with van der Waals surface area (Å²) in [5.41, 5.74) is 0.567. The number of carbonyl (C=O) groups is 4. The van der Waals surface area contributed by atoms with Crippen LogP contribution in [0.3, 0.4) is 0 Å². The van der Waals surface area contributed by atoms with Crippen molar-refractivity contribution in [3.05, 3.63) is 131 Å². The van der Waals surface area contributed by atoms with Gasteiger partial charge in [0.2, 0.25) is 0 Å². The molecule has 1 aliphatic heterocycles. The number of amides is 1. The van der Waals surface area contributed by atoms with E-state index in [1.54, 1.807) is 30.3 Å². The second-order valence-electron chi connectivity index (χ2n) is 12.0. The summed E-state index contributed by atoms with van der Waals surface area (Å²) in [5.74, 6) is -2.08. The normalized spacial score (nSPS) is 13.5. The van der Waals surface area contributed by atoms with E-state index in [1.807, 2.05) is 24.3 Å². The Morgan fingerprint density at radius 2 is 1.41 bits per heavy atom. The minimum absolute atomic E-state index is 0.0114. The Morgan fingerprint density at radius 1 is 0.786 bits per heavy atom. The molecule has 275 valence electrons. The fourth-order valence-electron chi connectivity index (χ4n) is 5.60. The van der Waals surface area contributed by atoms with Crippen LogP contribution in [0, 0.1) is 22.7 Å². The maximum absolute atomic E-state index is 13.8. The third kappa shape index (κ3) is 8.10. The molecule has 0 aliphatic carbocycles. The Hall–Kier alpha value is -7.32. The van der Waals surface area contributed by atoms with Crippen molar-refractivity contribution in [2.45, 2.75) is 12.5 Å². The summed E-state index contributed by atoms with van der Waals surface area (Å²) in [6, 6.07) is 28.3. The molecule has 0 bridgehead atoms. The maximum Gasteiger partial charge on any atom is 0.337 e. The number of ether oxygens (including phenoxy) is 3. The van der Waals surface area contributed by atoms with Crippen molar-refractivity contribution < 1.29 is 47.5 Å². The summed E-state index contributed by atoms with van der Waals surface area (Å²) in [6.07, 6.45) is 0.641. The smallest absolute Gasteiger partial charge is 0.337 e. The number of nitrogens with one attached hydrogen (secondary N) is 1. The second kappa shape index (κ2) is 16.4. The van der Waals surface area contributed by atoms with Crippen LogP contribution in [0.1, 0.15) is 59.2 Å². The molecule has 4 aromatic carbocycles. The minimum atomic E-state index is -1.38. The second-order valence-corrected chi connectivity index (χ2v) is 14.4. The molecule has 15 nitrogen and oxygen atoms in total. The Labute approximate surface area is 323 Å². The molecule has 1 saturated heterocycles. The number of esters is 1. The van der Waals surface area contributed by atoms with E-state index in [9.17, 15) is 29.5 Å². The zero-order valence-electron chi connectivity index (χ0n) is 28.8. The van der Waals surface area contributed by atoms with Gasteiger partial charge in [0.1, 0.15) is 0 Å². The van der Waals surface area contributed by atoms with Crippen LogP contribution < -0.4 is 19.1 Å². The molecule has 1 amide bonds. The van der Waals surface area contributed by atoms with Gasteiger partial charge in [-0.15, -0.1) is 0 Å². The van der Waals surface area contributed by atoms with Crippen LogP contribution in [-0.4, -0.2) is 72.9 Å². The van der Waals surface area contributed by atoms with Crippen molar-refractivity contribution in [3.8, 4) is 46.3 Å². The Morgan fingerprint density at radius 3 is 2.09 bits per heavy atom. The molecular formula is C40H25AsN5O10. The first-order valence-electron chi connectivity index (χ1n) is 16.7. The molecule has 1 atom stereocenters. The van der Waals surface area contributed by atoms with Crippen molar-refractivity contribution in [2.75, 3.05) is 18.5 Å². The molecule has 56 heavy (non-hydrogen) atoms. The fraction of sp³-hybridized carbons (Fsp3) is 0.100. The predicted octanol–water partition coefficient (Wildman–Crippen LogP) is 5.25. The van der Waals surface area contributed by atoms with E-state index in [4.69, 9.17) is 28.5 Å². The van der Waals surface area contributed by atoms with Gasteiger partial charge in [0, 0.05) is 0 Å². The Kier molecular flexibility index (Phi) is 10.8. The quantitative estimate of drug-likeness (QED) is 0.0915. The average molecular weight is 811 g/mol. The molecule has 7 rings (SSSR count). The van der Waals surface area contributed by atoms with Crippen molar-refractivity contribution >= 4 is 48.2 Å². The first kappa shape index (κ1) is 37.0. The number of nitrogens with zero attached hydrogens (tertiary/aromatic N) is 4. The Balaban J connectivity index is 1.09. The third-order valence-electron chi connectivity index (χ3n) is 8.36. The summed E-state index contributed by atoms with van der Waals surface area (Å²) in [4.78, 5) is 52.1. The van der Waals surface area contributed by atoms with Gasteiger partial charge in [0.15, 0.2) is 0 Å². The molecule has 1 radical (unpaired) electrons. The number of carboxylic acids is 1. The van der Waals surface area contributed by atoms with Gasteiger partial charge in [0.25, 0.3) is 0 Å². The van der Waals surface area contributed by atoms with Gasteiger partial charge in [-0.3, -0.25) is 0 Å². The van der Waals surface area contributed by atoms with Crippen LogP contribution in [0.4, 0.5) is 5.69 Å². The maximum atomic E-state index is 13.8. The number of hydrogen-bond acceptors (Lipinski definition) is 13. The number of benzene rings is 4. The van der Waals surface area contributed by atoms with Crippen molar-refractivity contribution in [3.63, 3.8) is 0 Å². The minimum Gasteiger partial charge on any atom is -0.478 e. The summed E-state index contributed by atoms with van der Waals surface area (Å²) in [5, 5.41) is 38.5. The van der Waals surface area contributed by atoms with Gasteiger partial charge < -0.3 is 5.11 Å². The average Bonchev–Trinajstić information content (AvgIpc) is 4.02. The van der Waals surface area contributed by atoms with Gasteiger partial charge in [-0.1, -0.05) is 0 Å². The first-order valence-corrected chi connectivity index (χ1v) is 18.6. The molecule has 1 unspecified atom stereocenters. The molecule has 3 heterocycles. The number of anilines is 1. The molecule has 1 aliphatic rings. The van der Waals surface area contributed by atoms with Crippen LogP contribution in [-0.2, 0) is 4.74 Å². The molecular weight excluding hydrogens is 785 g/mol. The number of hydrogen-bond donors (Lipinski definition) is 2. The van der Waals surface area contributed by atoms with Crippen LogP contribution >= 0.6 is 0 Å². The third-order valence-corrected chi connectivity index (χ3v) is 10.6. The first-order chi connectivity index (χ1) is 27.2. The molecule has 2 N–H and O–H groups in total. The van der Waals surface area contributed by atoms with E-state index in [0.717, 1.165) is 12.5 Å². The van der Waals surface area contributed by atoms with E-state index < -0.39 is 33.6 Å². The van der Waals surface area contributed by atoms with Crippen molar-refractivity contribution in [2.24, 2.45) is 0 Å². The summed E-state index contributed by atoms with van der Waals surface area (Å²) < 4.78 is 28.3. The van der Waals surface area contributed by atoms with Crippen molar-refractivity contribution in [1.82, 2.24) is 10.3 Å². The van der Waals surface area contributed by atoms with Crippen molar-refractivity contribution in [1.29, 1.82) is 10.5 Å². The van der Waals surface area contributed by atoms with Gasteiger partial charge in [-0.05, 0) is 18.2 Å². The topological polar surface area (TPSA) is 228 Å². The summed E-state index contributed by atoms with van der Waals surface area (Å²) in [7, 11) is 0. The monoisotopic (exact) mass is 810 g/mol. The fourth-order valence-corrected chi connectivity index (χ4v) is 7.42. The summed E-state index contributed by atoms with van der Waals surface area (Å²) in [6.45, 7) is 1.08. The van der Waals surface area contributed by atoms with Crippen LogP contribution in [0.25, 0.3) is 22.6 Å². The largest absolute Gasteiger partial charge is 0.478 e. The van der Waals surface area contributed by atoms with Crippen LogP contribution in [0.15, 0.2) is 106 Å². The molecule has 0 spiro atoms. The number of para-hydroxylation sites is 2. The zero-order chi connectivity index (χ0) is 39.2. The number of nitriles is 2. The van der Waals surface area contributed by atoms with Gasteiger partial charge in [-0.2, -0.15) is 5.26 Å². The SMILES string of the molecule is N#Cc1ccc(NC(=O)c2cc(-c3ccccc3OC(=O)c3cc(C#N)ccc3[As]C(=O)c3cc(-c4ccccc4OC4CCOC4)on3)on2)c(C(=O)O)c1. The van der Waals surface area contributed by atoms with Crippen LogP contribution in [0.5, 0.6) is 11.5 Å². The van der Waals surface area contributed by atoms with E-state index in [2.05, 4.69) is 15.6 Å². The molecule has 2 aromatic heterocycles. The van der Waals surface area contributed by atoms with Gasteiger partial charge in [-0.25, -0.2) is 4.79 Å². The van der Waals surface area contributed by atoms with Gasteiger partial charge >= 0.3 is 274 Å². The number of aromatic nitrogens is 2. The molecule has 0 saturated carbocycles. The molecule has 16 heteroatoms. The molecule has 1 fully saturated rings.